The van der Waals surface area contributed by atoms with Crippen LogP contribution in [0.25, 0.3) is 0 Å². The smallest absolute Gasteiger partial charge is 0.0564 e. The molecule has 90 valence electrons. The van der Waals surface area contributed by atoms with Gasteiger partial charge in [0, 0.05) is 15.9 Å². The van der Waals surface area contributed by atoms with Gasteiger partial charge in [-0.2, -0.15) is 0 Å². The third-order valence-electron chi connectivity index (χ3n) is 2.70. The van der Waals surface area contributed by atoms with Gasteiger partial charge in [0.25, 0.3) is 0 Å². The number of aryl methyl sites for hydroxylation is 2. The second-order valence-electron chi connectivity index (χ2n) is 4.03. The Balaban J connectivity index is 2.10. The standard InChI is InChI=1S/C13H14BrClN2/c1-9-3-4-10(2)17(9)16-8-11-5-6-13(15)12(14)7-11/h3-7,16H,8H2,1-2H3. The van der Waals surface area contributed by atoms with E-state index in [1.807, 2.05) is 18.2 Å². The number of aromatic nitrogens is 1. The van der Waals surface area contributed by atoms with Crippen LogP contribution in [-0.4, -0.2) is 4.68 Å². The Kier molecular flexibility index (Phi) is 3.79. The molecule has 0 amide bonds. The van der Waals surface area contributed by atoms with Crippen molar-refractivity contribution in [1.82, 2.24) is 4.68 Å². The van der Waals surface area contributed by atoms with Gasteiger partial charge in [-0.05, 0) is 59.6 Å². The maximum atomic E-state index is 5.96. The number of hydrogen-bond acceptors (Lipinski definition) is 1. The molecule has 0 bridgehead atoms. The van der Waals surface area contributed by atoms with Crippen molar-refractivity contribution in [2.75, 3.05) is 5.43 Å². The lowest BCUT2D eigenvalue weighted by atomic mass is 10.2. The highest BCUT2D eigenvalue weighted by molar-refractivity contribution is 9.10. The highest BCUT2D eigenvalue weighted by Crippen LogP contribution is 2.23. The Bertz CT molecular complexity index is 515. The molecule has 2 nitrogen and oxygen atoms in total. The second kappa shape index (κ2) is 5.15. The molecular weight excluding hydrogens is 300 g/mol. The summed E-state index contributed by atoms with van der Waals surface area (Å²) in [7, 11) is 0. The van der Waals surface area contributed by atoms with Gasteiger partial charge in [-0.3, -0.25) is 4.68 Å². The van der Waals surface area contributed by atoms with E-state index >= 15 is 0 Å². The molecule has 2 rings (SSSR count). The Hall–Kier alpha value is -0.930. The summed E-state index contributed by atoms with van der Waals surface area (Å²) in [6.45, 7) is 4.93. The molecule has 0 aliphatic rings. The summed E-state index contributed by atoms with van der Waals surface area (Å²) >= 11 is 9.39. The van der Waals surface area contributed by atoms with Crippen LogP contribution < -0.4 is 5.43 Å². The van der Waals surface area contributed by atoms with Crippen LogP contribution in [0.1, 0.15) is 17.0 Å². The lowest BCUT2D eigenvalue weighted by Crippen LogP contribution is -2.16. The Labute approximate surface area is 115 Å². The predicted molar refractivity (Wildman–Crippen MR) is 76.1 cm³/mol. The van der Waals surface area contributed by atoms with E-state index in [2.05, 4.69) is 52.0 Å². The van der Waals surface area contributed by atoms with E-state index in [9.17, 15) is 0 Å². The SMILES string of the molecule is Cc1ccc(C)n1NCc1ccc(Cl)c(Br)c1. The van der Waals surface area contributed by atoms with Gasteiger partial charge in [0.1, 0.15) is 0 Å². The molecule has 0 unspecified atom stereocenters. The summed E-state index contributed by atoms with van der Waals surface area (Å²) < 4.78 is 3.02. The number of benzene rings is 1. The second-order valence-corrected chi connectivity index (χ2v) is 5.30. The van der Waals surface area contributed by atoms with Crippen molar-refractivity contribution in [1.29, 1.82) is 0 Å². The van der Waals surface area contributed by atoms with E-state index in [0.29, 0.717) is 0 Å². The van der Waals surface area contributed by atoms with Crippen LogP contribution >= 0.6 is 27.5 Å². The Morgan fingerprint density at radius 1 is 1.18 bits per heavy atom. The van der Waals surface area contributed by atoms with E-state index in [1.165, 1.54) is 17.0 Å². The quantitative estimate of drug-likeness (QED) is 0.895. The van der Waals surface area contributed by atoms with Crippen molar-refractivity contribution in [3.05, 3.63) is 56.8 Å². The van der Waals surface area contributed by atoms with Crippen molar-refractivity contribution < 1.29 is 0 Å². The normalized spacial score (nSPS) is 10.6. The molecule has 0 saturated heterocycles. The van der Waals surface area contributed by atoms with Gasteiger partial charge in [0.15, 0.2) is 0 Å². The first kappa shape index (κ1) is 12.5. The minimum absolute atomic E-state index is 0.738. The van der Waals surface area contributed by atoms with Crippen molar-refractivity contribution in [2.24, 2.45) is 0 Å². The van der Waals surface area contributed by atoms with Crippen LogP contribution in [0.4, 0.5) is 0 Å². The summed E-state index contributed by atoms with van der Waals surface area (Å²) in [5, 5.41) is 0.738. The topological polar surface area (TPSA) is 17.0 Å². The minimum Gasteiger partial charge on any atom is -0.322 e. The molecule has 1 N–H and O–H groups in total. The molecule has 1 aromatic carbocycles. The molecule has 2 aromatic rings. The lowest BCUT2D eigenvalue weighted by Gasteiger charge is -2.13. The van der Waals surface area contributed by atoms with Crippen LogP contribution in [0.3, 0.4) is 0 Å². The Morgan fingerprint density at radius 3 is 2.41 bits per heavy atom. The predicted octanol–water partition coefficient (Wildman–Crippen LogP) is 4.26. The molecular formula is C13H14BrClN2. The first-order valence-electron chi connectivity index (χ1n) is 5.40. The maximum absolute atomic E-state index is 5.96. The van der Waals surface area contributed by atoms with Crippen LogP contribution in [0.15, 0.2) is 34.8 Å². The molecule has 1 aromatic heterocycles. The fourth-order valence-corrected chi connectivity index (χ4v) is 2.28. The molecule has 0 aliphatic carbocycles. The summed E-state index contributed by atoms with van der Waals surface area (Å²) in [5.74, 6) is 0. The first-order valence-corrected chi connectivity index (χ1v) is 6.58. The Morgan fingerprint density at radius 2 is 1.82 bits per heavy atom. The molecule has 0 aliphatic heterocycles. The van der Waals surface area contributed by atoms with Gasteiger partial charge in [0.05, 0.1) is 11.6 Å². The number of nitrogens with zero attached hydrogens (tertiary/aromatic N) is 1. The number of nitrogens with one attached hydrogen (secondary N) is 1. The summed E-state index contributed by atoms with van der Waals surface area (Å²) in [6, 6.07) is 10.1. The van der Waals surface area contributed by atoms with Gasteiger partial charge in [-0.15, -0.1) is 0 Å². The summed E-state index contributed by atoms with van der Waals surface area (Å²) in [4.78, 5) is 0. The van der Waals surface area contributed by atoms with Crippen LogP contribution in [0, 0.1) is 13.8 Å². The van der Waals surface area contributed by atoms with Gasteiger partial charge in [0.2, 0.25) is 0 Å². The van der Waals surface area contributed by atoms with E-state index in [1.54, 1.807) is 0 Å². The maximum Gasteiger partial charge on any atom is 0.0564 e. The minimum atomic E-state index is 0.738. The first-order chi connectivity index (χ1) is 8.08. The van der Waals surface area contributed by atoms with E-state index in [0.717, 1.165) is 16.0 Å². The van der Waals surface area contributed by atoms with Gasteiger partial charge in [-0.1, -0.05) is 17.7 Å². The molecule has 0 saturated carbocycles. The third kappa shape index (κ3) is 2.85. The fourth-order valence-electron chi connectivity index (χ4n) is 1.74. The molecule has 1 heterocycles. The van der Waals surface area contributed by atoms with Gasteiger partial charge < -0.3 is 5.43 Å². The van der Waals surface area contributed by atoms with Crippen LogP contribution in [0.5, 0.6) is 0 Å². The zero-order chi connectivity index (χ0) is 12.4. The average molecular weight is 314 g/mol. The summed E-state index contributed by atoms with van der Waals surface area (Å²) in [6.07, 6.45) is 0. The summed E-state index contributed by atoms with van der Waals surface area (Å²) in [5.41, 5.74) is 6.97. The molecule has 0 spiro atoms. The van der Waals surface area contributed by atoms with Crippen molar-refractivity contribution in [2.45, 2.75) is 20.4 Å². The van der Waals surface area contributed by atoms with Gasteiger partial charge >= 0.3 is 0 Å². The molecule has 0 radical (unpaired) electrons. The molecule has 0 fully saturated rings. The molecule has 17 heavy (non-hydrogen) atoms. The fraction of sp³-hybridized carbons (Fsp3) is 0.231. The largest absolute Gasteiger partial charge is 0.322 e. The van der Waals surface area contributed by atoms with E-state index in [-0.39, 0.29) is 0 Å². The highest BCUT2D eigenvalue weighted by atomic mass is 79.9. The molecule has 4 heteroatoms. The molecule has 0 atom stereocenters. The van der Waals surface area contributed by atoms with Crippen LogP contribution in [0.2, 0.25) is 5.02 Å². The monoisotopic (exact) mass is 312 g/mol. The zero-order valence-electron chi connectivity index (χ0n) is 9.80. The van der Waals surface area contributed by atoms with E-state index < -0.39 is 0 Å². The number of hydrogen-bond donors (Lipinski definition) is 1. The lowest BCUT2D eigenvalue weighted by molar-refractivity contribution is 0.792. The average Bonchev–Trinajstić information content (AvgIpc) is 2.61. The van der Waals surface area contributed by atoms with Crippen molar-refractivity contribution in [3.8, 4) is 0 Å². The van der Waals surface area contributed by atoms with Crippen molar-refractivity contribution >= 4 is 27.5 Å². The zero-order valence-corrected chi connectivity index (χ0v) is 12.1. The van der Waals surface area contributed by atoms with Crippen molar-refractivity contribution in [3.63, 3.8) is 0 Å². The van der Waals surface area contributed by atoms with Gasteiger partial charge in [-0.25, -0.2) is 0 Å². The highest BCUT2D eigenvalue weighted by Gasteiger charge is 2.02. The van der Waals surface area contributed by atoms with Crippen LogP contribution in [-0.2, 0) is 6.54 Å². The van der Waals surface area contributed by atoms with E-state index in [4.69, 9.17) is 11.6 Å². The third-order valence-corrected chi connectivity index (χ3v) is 3.91. The number of halogens is 2. The number of rotatable bonds is 3.